The van der Waals surface area contributed by atoms with Crippen LogP contribution in [0.15, 0.2) is 41.7 Å². The number of guanidine groups is 1. The molecule has 1 fully saturated rings. The van der Waals surface area contributed by atoms with Crippen LogP contribution >= 0.6 is 0 Å². The van der Waals surface area contributed by atoms with Crippen molar-refractivity contribution in [3.63, 3.8) is 0 Å². The Bertz CT molecular complexity index is 694. The molecule has 7 nitrogen and oxygen atoms in total. The molecule has 1 aliphatic rings. The molecule has 2 atom stereocenters. The molecule has 1 saturated heterocycles. The van der Waals surface area contributed by atoms with Crippen LogP contribution in [0.1, 0.15) is 24.7 Å². The lowest BCUT2D eigenvalue weighted by Gasteiger charge is -2.21. The van der Waals surface area contributed by atoms with Crippen molar-refractivity contribution >= 4 is 5.96 Å². The fourth-order valence-electron chi connectivity index (χ4n) is 3.26. The monoisotopic (exact) mass is 341 g/mol. The number of benzene rings is 1. The van der Waals surface area contributed by atoms with Gasteiger partial charge in [-0.3, -0.25) is 9.89 Å². The second-order valence-corrected chi connectivity index (χ2v) is 6.62. The molecule has 25 heavy (non-hydrogen) atoms. The largest absolute Gasteiger partial charge is 0.352 e. The molecular formula is C18H27N7. The molecule has 2 aromatic rings. The molecule has 2 N–H and O–H groups in total. The van der Waals surface area contributed by atoms with Crippen LogP contribution in [-0.4, -0.2) is 51.3 Å². The minimum Gasteiger partial charge on any atom is -0.352 e. The maximum Gasteiger partial charge on any atom is 0.191 e. The molecule has 0 aliphatic carbocycles. The smallest absolute Gasteiger partial charge is 0.191 e. The predicted molar refractivity (Wildman–Crippen MR) is 99.1 cm³/mol. The SMILES string of the molecule is CN=C(NCc1nncn1C)NC1CC(C)N(Cc2ccccc2)C1. The van der Waals surface area contributed by atoms with E-state index in [1.807, 2.05) is 11.6 Å². The second-order valence-electron chi connectivity index (χ2n) is 6.62. The van der Waals surface area contributed by atoms with E-state index < -0.39 is 0 Å². The van der Waals surface area contributed by atoms with Gasteiger partial charge in [0.2, 0.25) is 0 Å². The maximum atomic E-state index is 4.33. The Morgan fingerprint density at radius 1 is 1.32 bits per heavy atom. The summed E-state index contributed by atoms with van der Waals surface area (Å²) in [7, 11) is 3.74. The highest BCUT2D eigenvalue weighted by atomic mass is 15.3. The molecule has 0 radical (unpaired) electrons. The van der Waals surface area contributed by atoms with Gasteiger partial charge in [0.05, 0.1) is 6.54 Å². The minimum atomic E-state index is 0.393. The maximum absolute atomic E-state index is 4.33. The Morgan fingerprint density at radius 3 is 2.80 bits per heavy atom. The highest BCUT2D eigenvalue weighted by Gasteiger charge is 2.29. The van der Waals surface area contributed by atoms with E-state index in [2.05, 4.69) is 68.0 Å². The second kappa shape index (κ2) is 8.11. The van der Waals surface area contributed by atoms with E-state index in [0.29, 0.717) is 18.6 Å². The number of nitrogens with zero attached hydrogens (tertiary/aromatic N) is 5. The molecule has 1 aliphatic heterocycles. The first kappa shape index (κ1) is 17.4. The van der Waals surface area contributed by atoms with E-state index in [1.165, 1.54) is 5.56 Å². The summed E-state index contributed by atoms with van der Waals surface area (Å²) >= 11 is 0. The van der Waals surface area contributed by atoms with Crippen molar-refractivity contribution in [1.29, 1.82) is 0 Å². The van der Waals surface area contributed by atoms with Crippen LogP contribution in [0.5, 0.6) is 0 Å². The lowest BCUT2D eigenvalue weighted by Crippen LogP contribution is -2.44. The number of aryl methyl sites for hydroxylation is 1. The van der Waals surface area contributed by atoms with Crippen molar-refractivity contribution in [3.05, 3.63) is 48.0 Å². The lowest BCUT2D eigenvalue weighted by molar-refractivity contribution is 0.258. The van der Waals surface area contributed by atoms with Gasteiger partial charge < -0.3 is 15.2 Å². The third-order valence-electron chi connectivity index (χ3n) is 4.72. The van der Waals surface area contributed by atoms with Gasteiger partial charge in [-0.1, -0.05) is 30.3 Å². The van der Waals surface area contributed by atoms with Crippen molar-refractivity contribution in [2.24, 2.45) is 12.0 Å². The van der Waals surface area contributed by atoms with E-state index >= 15 is 0 Å². The first-order valence-corrected chi connectivity index (χ1v) is 8.73. The Hall–Kier alpha value is -2.41. The summed E-state index contributed by atoms with van der Waals surface area (Å²) in [6, 6.07) is 11.6. The van der Waals surface area contributed by atoms with Gasteiger partial charge in [-0.2, -0.15) is 0 Å². The van der Waals surface area contributed by atoms with Gasteiger partial charge in [-0.05, 0) is 18.9 Å². The number of nitrogens with one attached hydrogen (secondary N) is 2. The highest BCUT2D eigenvalue weighted by molar-refractivity contribution is 5.79. The minimum absolute atomic E-state index is 0.393. The molecule has 0 amide bonds. The van der Waals surface area contributed by atoms with Crippen molar-refractivity contribution in [1.82, 2.24) is 30.3 Å². The zero-order valence-corrected chi connectivity index (χ0v) is 15.2. The summed E-state index contributed by atoms with van der Waals surface area (Å²) in [4.78, 5) is 6.85. The quantitative estimate of drug-likeness (QED) is 0.630. The molecule has 2 heterocycles. The zero-order chi connectivity index (χ0) is 17.6. The van der Waals surface area contributed by atoms with E-state index in [4.69, 9.17) is 0 Å². The summed E-state index contributed by atoms with van der Waals surface area (Å²) in [5.41, 5.74) is 1.36. The zero-order valence-electron chi connectivity index (χ0n) is 15.2. The molecule has 2 unspecified atom stereocenters. The van der Waals surface area contributed by atoms with Crippen LogP contribution in [0.4, 0.5) is 0 Å². The summed E-state index contributed by atoms with van der Waals surface area (Å²) in [5.74, 6) is 1.69. The van der Waals surface area contributed by atoms with Gasteiger partial charge in [0.15, 0.2) is 11.8 Å². The van der Waals surface area contributed by atoms with E-state index in [9.17, 15) is 0 Å². The van der Waals surface area contributed by atoms with E-state index in [0.717, 1.165) is 31.3 Å². The number of aromatic nitrogens is 3. The first-order chi connectivity index (χ1) is 12.2. The summed E-state index contributed by atoms with van der Waals surface area (Å²) in [6.45, 7) is 4.90. The van der Waals surface area contributed by atoms with Crippen LogP contribution in [0.25, 0.3) is 0 Å². The fraction of sp³-hybridized carbons (Fsp3) is 0.500. The summed E-state index contributed by atoms with van der Waals surface area (Å²) in [5, 5.41) is 14.8. The van der Waals surface area contributed by atoms with Crippen molar-refractivity contribution < 1.29 is 0 Å². The predicted octanol–water partition coefficient (Wildman–Crippen LogP) is 1.14. The molecule has 0 saturated carbocycles. The van der Waals surface area contributed by atoms with Gasteiger partial charge in [0.1, 0.15) is 6.33 Å². The molecule has 134 valence electrons. The standard InChI is InChI=1S/C18H27N7/c1-14-9-16(12-25(14)11-15-7-5-4-6-8-15)22-18(19-2)20-10-17-23-21-13-24(17)3/h4-8,13-14,16H,9-12H2,1-3H3,(H2,19,20,22). The van der Waals surface area contributed by atoms with Crippen molar-refractivity contribution in [2.75, 3.05) is 13.6 Å². The van der Waals surface area contributed by atoms with Gasteiger partial charge >= 0.3 is 0 Å². The topological polar surface area (TPSA) is 70.4 Å². The number of aliphatic imine (C=N–C) groups is 1. The molecule has 7 heteroatoms. The average Bonchev–Trinajstić information content (AvgIpc) is 3.18. The van der Waals surface area contributed by atoms with Crippen LogP contribution in [0, 0.1) is 0 Å². The van der Waals surface area contributed by atoms with E-state index in [1.54, 1.807) is 13.4 Å². The molecular weight excluding hydrogens is 314 g/mol. The van der Waals surface area contributed by atoms with Crippen molar-refractivity contribution in [2.45, 2.75) is 38.5 Å². The van der Waals surface area contributed by atoms with Gasteiger partial charge in [0.25, 0.3) is 0 Å². The Labute approximate surface area is 149 Å². The Balaban J connectivity index is 1.51. The number of rotatable bonds is 5. The molecule has 1 aromatic heterocycles. The van der Waals surface area contributed by atoms with Gasteiger partial charge in [-0.25, -0.2) is 0 Å². The Kier molecular flexibility index (Phi) is 5.65. The lowest BCUT2D eigenvalue weighted by atomic mass is 10.2. The number of likely N-dealkylation sites (tertiary alicyclic amines) is 1. The van der Waals surface area contributed by atoms with Crippen molar-refractivity contribution in [3.8, 4) is 0 Å². The Morgan fingerprint density at radius 2 is 2.12 bits per heavy atom. The summed E-state index contributed by atoms with van der Waals surface area (Å²) in [6.07, 6.45) is 2.81. The van der Waals surface area contributed by atoms with Crippen LogP contribution in [0.3, 0.4) is 0 Å². The summed E-state index contributed by atoms with van der Waals surface area (Å²) < 4.78 is 1.90. The third kappa shape index (κ3) is 4.57. The molecule has 3 rings (SSSR count). The van der Waals surface area contributed by atoms with Gasteiger partial charge in [-0.15, -0.1) is 10.2 Å². The highest BCUT2D eigenvalue weighted by Crippen LogP contribution is 2.20. The van der Waals surface area contributed by atoms with Crippen LogP contribution in [-0.2, 0) is 20.1 Å². The average molecular weight is 341 g/mol. The first-order valence-electron chi connectivity index (χ1n) is 8.73. The van der Waals surface area contributed by atoms with Gasteiger partial charge in [0, 0.05) is 39.3 Å². The van der Waals surface area contributed by atoms with Crippen LogP contribution < -0.4 is 10.6 Å². The normalized spacial score (nSPS) is 21.5. The fourth-order valence-corrected chi connectivity index (χ4v) is 3.26. The molecule has 0 bridgehead atoms. The number of hydrogen-bond acceptors (Lipinski definition) is 4. The molecule has 0 spiro atoms. The third-order valence-corrected chi connectivity index (χ3v) is 4.72. The van der Waals surface area contributed by atoms with E-state index in [-0.39, 0.29) is 0 Å². The number of hydrogen-bond donors (Lipinski definition) is 2. The van der Waals surface area contributed by atoms with Crippen LogP contribution in [0.2, 0.25) is 0 Å². The molecule has 1 aromatic carbocycles.